The lowest BCUT2D eigenvalue weighted by Gasteiger charge is -2.35. The first-order chi connectivity index (χ1) is 21.2. The molecule has 2 aromatic heterocycles. The molecule has 0 radical (unpaired) electrons. The van der Waals surface area contributed by atoms with Crippen molar-refractivity contribution in [2.45, 2.75) is 50.9 Å². The molecule has 11 nitrogen and oxygen atoms in total. The van der Waals surface area contributed by atoms with Crippen molar-refractivity contribution >= 4 is 22.8 Å². The van der Waals surface area contributed by atoms with Gasteiger partial charge in [0.15, 0.2) is 5.65 Å². The van der Waals surface area contributed by atoms with E-state index in [0.29, 0.717) is 54.4 Å². The summed E-state index contributed by atoms with van der Waals surface area (Å²) in [4.78, 5) is 23.9. The Morgan fingerprint density at radius 3 is 2.73 bits per heavy atom. The van der Waals surface area contributed by atoms with Crippen molar-refractivity contribution in [3.05, 3.63) is 72.3 Å². The van der Waals surface area contributed by atoms with Crippen LogP contribution in [0.1, 0.15) is 26.7 Å². The summed E-state index contributed by atoms with van der Waals surface area (Å²) in [5.74, 6) is 0.219. The summed E-state index contributed by atoms with van der Waals surface area (Å²) < 4.78 is 28.2. The highest BCUT2D eigenvalue weighted by atomic mass is 19.1. The first-order valence-corrected chi connectivity index (χ1v) is 14.5. The third-order valence-electron chi connectivity index (χ3n) is 7.83. The van der Waals surface area contributed by atoms with Gasteiger partial charge in [0.05, 0.1) is 37.2 Å². The minimum atomic E-state index is -0.572. The number of nitriles is 1. The average Bonchev–Trinajstić information content (AvgIpc) is 3.60. The van der Waals surface area contributed by atoms with Crippen molar-refractivity contribution in [1.82, 2.24) is 30.0 Å². The normalized spacial score (nSPS) is 17.5. The molecule has 4 aromatic rings. The Morgan fingerprint density at radius 2 is 2.02 bits per heavy atom. The number of halogens is 1. The lowest BCUT2D eigenvalue weighted by Crippen LogP contribution is -2.54. The fraction of sp³-hybridized carbons (Fsp3) is 0.344. The molecule has 1 amide bonds. The number of carbonyl (C=O) groups excluding carboxylic acids is 1. The molecule has 226 valence electrons. The predicted octanol–water partition coefficient (Wildman–Crippen LogP) is 4.21. The Balaban J connectivity index is 1.27. The highest BCUT2D eigenvalue weighted by Crippen LogP contribution is 2.35. The minimum absolute atomic E-state index is 0.0760. The van der Waals surface area contributed by atoms with Gasteiger partial charge in [0.1, 0.15) is 46.8 Å². The quantitative estimate of drug-likeness (QED) is 0.214. The van der Waals surface area contributed by atoms with Crippen molar-refractivity contribution in [2.75, 3.05) is 25.5 Å². The van der Waals surface area contributed by atoms with Crippen LogP contribution in [0.5, 0.6) is 11.5 Å². The summed E-state index contributed by atoms with van der Waals surface area (Å²) in [5, 5.41) is 18.5. The van der Waals surface area contributed by atoms with E-state index in [1.165, 1.54) is 12.4 Å². The maximum atomic E-state index is 15.5. The second kappa shape index (κ2) is 12.0. The van der Waals surface area contributed by atoms with E-state index in [2.05, 4.69) is 21.4 Å². The van der Waals surface area contributed by atoms with E-state index in [1.807, 2.05) is 32.0 Å². The second-order valence-corrected chi connectivity index (χ2v) is 11.6. The smallest absolute Gasteiger partial charge is 0.264 e. The van der Waals surface area contributed by atoms with E-state index in [4.69, 9.17) is 20.3 Å². The lowest BCUT2D eigenvalue weighted by molar-refractivity contribution is -0.127. The van der Waals surface area contributed by atoms with E-state index in [1.54, 1.807) is 39.9 Å². The number of para-hydroxylation sites is 1. The number of hydrogen-bond acceptors (Lipinski definition) is 9. The summed E-state index contributed by atoms with van der Waals surface area (Å²) in [6.07, 6.45) is 4.51. The number of ether oxygens (including phenoxy) is 2. The maximum Gasteiger partial charge on any atom is 0.264 e. The number of nitrogens with two attached hydrogens (primary N) is 1. The van der Waals surface area contributed by atoms with Crippen molar-refractivity contribution in [3.63, 3.8) is 0 Å². The number of nitrogen functional groups attached to an aromatic ring is 1. The third kappa shape index (κ3) is 5.97. The first kappa shape index (κ1) is 29.2. The van der Waals surface area contributed by atoms with E-state index in [9.17, 15) is 10.1 Å². The highest BCUT2D eigenvalue weighted by Gasteiger charge is 2.34. The van der Waals surface area contributed by atoms with E-state index in [0.717, 1.165) is 6.42 Å². The van der Waals surface area contributed by atoms with Crippen molar-refractivity contribution in [2.24, 2.45) is 0 Å². The topological polar surface area (TPSA) is 144 Å². The molecule has 2 aliphatic rings. The number of nitrogens with zero attached hydrogens (tertiary/aromatic N) is 6. The van der Waals surface area contributed by atoms with Crippen LogP contribution in [0.25, 0.3) is 22.3 Å². The van der Waals surface area contributed by atoms with E-state index >= 15 is 4.39 Å². The van der Waals surface area contributed by atoms with Crippen LogP contribution in [-0.4, -0.2) is 67.9 Å². The van der Waals surface area contributed by atoms with Crippen molar-refractivity contribution in [3.8, 4) is 28.8 Å². The van der Waals surface area contributed by atoms with Crippen LogP contribution in [0.2, 0.25) is 0 Å². The molecule has 2 aliphatic heterocycles. The van der Waals surface area contributed by atoms with Crippen LogP contribution in [0.3, 0.4) is 0 Å². The zero-order chi connectivity index (χ0) is 30.8. The molecular formula is C32H33FN8O3. The highest BCUT2D eigenvalue weighted by molar-refractivity contribution is 5.99. The summed E-state index contributed by atoms with van der Waals surface area (Å²) in [6, 6.07) is 15.7. The zero-order valence-electron chi connectivity index (χ0n) is 24.5. The summed E-state index contributed by atoms with van der Waals surface area (Å²) >= 11 is 0. The molecule has 12 heteroatoms. The average molecular weight is 597 g/mol. The Bertz CT molecular complexity index is 1760. The van der Waals surface area contributed by atoms with Gasteiger partial charge in [-0.2, -0.15) is 10.4 Å². The lowest BCUT2D eigenvalue weighted by atomic mass is 9.98. The molecule has 2 saturated heterocycles. The molecule has 0 aliphatic carbocycles. The minimum Gasteiger partial charge on any atom is -0.457 e. The molecule has 0 bridgehead atoms. The Hall–Kier alpha value is -4.86. The standard InChI is InChI=1S/C32H33FN8O3/c1-32(2,38-21-17-43-18-21)14-20(15-34)31(42)40-12-6-7-22(40)16-41-30-27(29(35)36-19-37-30)28(39-41)25-11-10-24(13-26(25)33)44-23-8-4-3-5-9-23/h3-5,8-11,13-14,19,21-22,38H,6-7,12,16-18H2,1-2H3,(H2,35,36,37)/b20-14+/t22-/m0/s1. The number of likely N-dealkylation sites (tertiary alicyclic amines) is 1. The van der Waals surface area contributed by atoms with Crippen LogP contribution in [0.15, 0.2) is 66.5 Å². The molecule has 0 spiro atoms. The molecule has 44 heavy (non-hydrogen) atoms. The van der Waals surface area contributed by atoms with Crippen LogP contribution in [0.4, 0.5) is 10.2 Å². The van der Waals surface area contributed by atoms with E-state index < -0.39 is 11.4 Å². The second-order valence-electron chi connectivity index (χ2n) is 11.6. The molecular weight excluding hydrogens is 563 g/mol. The zero-order valence-corrected chi connectivity index (χ0v) is 24.5. The van der Waals surface area contributed by atoms with Gasteiger partial charge in [-0.3, -0.25) is 4.79 Å². The van der Waals surface area contributed by atoms with Crippen LogP contribution in [-0.2, 0) is 16.1 Å². The molecule has 3 N–H and O–H groups in total. The monoisotopic (exact) mass is 596 g/mol. The predicted molar refractivity (Wildman–Crippen MR) is 162 cm³/mol. The van der Waals surface area contributed by atoms with Gasteiger partial charge < -0.3 is 25.4 Å². The number of hydrogen-bond donors (Lipinski definition) is 2. The third-order valence-corrected chi connectivity index (χ3v) is 7.83. The molecule has 2 aromatic carbocycles. The van der Waals surface area contributed by atoms with Gasteiger partial charge in [-0.05, 0) is 57.0 Å². The van der Waals surface area contributed by atoms with Crippen molar-refractivity contribution in [1.29, 1.82) is 5.26 Å². The number of benzene rings is 2. The number of aromatic nitrogens is 4. The number of carbonyl (C=O) groups is 1. The number of amides is 1. The maximum absolute atomic E-state index is 15.5. The molecule has 0 unspecified atom stereocenters. The summed E-state index contributed by atoms with van der Waals surface area (Å²) in [5.41, 5.74) is 6.71. The number of nitrogens with one attached hydrogen (secondary N) is 1. The van der Waals surface area contributed by atoms with Gasteiger partial charge in [0.2, 0.25) is 0 Å². The van der Waals surface area contributed by atoms with Crippen LogP contribution < -0.4 is 15.8 Å². The molecule has 0 saturated carbocycles. The Labute approximate surface area is 254 Å². The van der Waals surface area contributed by atoms with Gasteiger partial charge >= 0.3 is 0 Å². The number of fused-ring (bicyclic) bond motifs is 1. The Kier molecular flexibility index (Phi) is 7.99. The molecule has 1 atom stereocenters. The fourth-order valence-electron chi connectivity index (χ4n) is 5.76. The molecule has 4 heterocycles. The number of anilines is 1. The summed E-state index contributed by atoms with van der Waals surface area (Å²) in [6.45, 7) is 5.86. The van der Waals surface area contributed by atoms with Gasteiger partial charge in [-0.15, -0.1) is 0 Å². The van der Waals surface area contributed by atoms with Gasteiger partial charge in [-0.25, -0.2) is 19.0 Å². The largest absolute Gasteiger partial charge is 0.457 e. The first-order valence-electron chi connectivity index (χ1n) is 14.5. The van der Waals surface area contributed by atoms with Gasteiger partial charge in [0, 0.05) is 23.7 Å². The number of rotatable bonds is 9. The van der Waals surface area contributed by atoms with E-state index in [-0.39, 0.29) is 41.5 Å². The van der Waals surface area contributed by atoms with Crippen molar-refractivity contribution < 1.29 is 18.7 Å². The van der Waals surface area contributed by atoms with Crippen LogP contribution >= 0.6 is 0 Å². The molecule has 2 fully saturated rings. The fourth-order valence-corrected chi connectivity index (χ4v) is 5.76. The van der Waals surface area contributed by atoms with Gasteiger partial charge in [-0.1, -0.05) is 18.2 Å². The van der Waals surface area contributed by atoms with Crippen LogP contribution in [0, 0.1) is 17.1 Å². The Morgan fingerprint density at radius 1 is 1.23 bits per heavy atom. The summed E-state index contributed by atoms with van der Waals surface area (Å²) in [7, 11) is 0. The SMILES string of the molecule is CC(C)(/C=C(\C#N)C(=O)N1CCC[C@H]1Cn1nc(-c2ccc(Oc3ccccc3)cc2F)c2c(N)ncnc21)NC1COC1. The van der Waals surface area contributed by atoms with Gasteiger partial charge in [0.25, 0.3) is 5.91 Å². The molecule has 6 rings (SSSR count).